The Kier molecular flexibility index (Phi) is 16.0. The van der Waals surface area contributed by atoms with E-state index in [0.29, 0.717) is 0 Å². The van der Waals surface area contributed by atoms with E-state index in [4.69, 9.17) is 4.74 Å². The van der Waals surface area contributed by atoms with Crippen LogP contribution in [0.2, 0.25) is 0 Å². The molecule has 0 spiro atoms. The molecule has 1 aromatic rings. The fraction of sp³-hybridized carbons (Fsp3) is 0.759. The maximum absolute atomic E-state index is 12.7. The van der Waals surface area contributed by atoms with Gasteiger partial charge in [-0.05, 0) is 39.3 Å². The number of carbonyl (C=O) groups is 1. The van der Waals surface area contributed by atoms with Gasteiger partial charge in [-0.2, -0.15) is 0 Å². The number of carbonyl (C=O) groups excluding carboxylic acids is 1. The van der Waals surface area contributed by atoms with E-state index in [2.05, 4.69) is 6.92 Å². The van der Waals surface area contributed by atoms with Gasteiger partial charge in [0.2, 0.25) is 0 Å². The normalized spacial score (nSPS) is 11.5. The van der Waals surface area contributed by atoms with E-state index in [-0.39, 0.29) is 6.09 Å². The second-order valence-electron chi connectivity index (χ2n) is 10.3. The highest BCUT2D eigenvalue weighted by Gasteiger charge is 2.22. The van der Waals surface area contributed by atoms with Crippen LogP contribution in [0.1, 0.15) is 130 Å². The molecule has 3 heteroatoms. The zero-order valence-electron chi connectivity index (χ0n) is 21.7. The summed E-state index contributed by atoms with van der Waals surface area (Å²) in [5.74, 6) is 0. The number of rotatable bonds is 18. The molecule has 0 saturated heterocycles. The quantitative estimate of drug-likeness (QED) is 0.210. The molecule has 0 fully saturated rings. The number of para-hydroxylation sites is 1. The Balaban J connectivity index is 2.07. The van der Waals surface area contributed by atoms with E-state index >= 15 is 0 Å². The summed E-state index contributed by atoms with van der Waals surface area (Å²) in [4.78, 5) is 14.4. The van der Waals surface area contributed by atoms with Crippen LogP contribution in [0.5, 0.6) is 0 Å². The molecule has 0 aliphatic carbocycles. The Hall–Kier alpha value is -1.51. The predicted molar refractivity (Wildman–Crippen MR) is 140 cm³/mol. The molecular weight excluding hydrogens is 394 g/mol. The van der Waals surface area contributed by atoms with E-state index in [1.54, 1.807) is 4.90 Å². The molecule has 1 amide bonds. The van der Waals surface area contributed by atoms with Crippen LogP contribution in [-0.4, -0.2) is 18.2 Å². The molecule has 0 radical (unpaired) electrons. The van der Waals surface area contributed by atoms with Gasteiger partial charge in [0, 0.05) is 12.2 Å². The summed E-state index contributed by atoms with van der Waals surface area (Å²) < 4.78 is 5.62. The van der Waals surface area contributed by atoms with Crippen molar-refractivity contribution in [2.45, 2.75) is 136 Å². The van der Waals surface area contributed by atoms with Crippen LogP contribution in [0.3, 0.4) is 0 Å². The fourth-order valence-electron chi connectivity index (χ4n) is 4.07. The average Bonchev–Trinajstić information content (AvgIpc) is 2.75. The van der Waals surface area contributed by atoms with Gasteiger partial charge in [0.25, 0.3) is 0 Å². The van der Waals surface area contributed by atoms with Gasteiger partial charge in [-0.25, -0.2) is 4.79 Å². The van der Waals surface area contributed by atoms with Crippen molar-refractivity contribution in [2.24, 2.45) is 0 Å². The molecule has 0 atom stereocenters. The lowest BCUT2D eigenvalue weighted by Gasteiger charge is -2.27. The third-order valence-electron chi connectivity index (χ3n) is 5.92. The highest BCUT2D eigenvalue weighted by Crippen LogP contribution is 2.19. The first kappa shape index (κ1) is 28.5. The maximum Gasteiger partial charge on any atom is 0.414 e. The van der Waals surface area contributed by atoms with Crippen LogP contribution < -0.4 is 4.90 Å². The SMILES string of the molecule is CCCCCCCCCCCCCCCCCCN(C(=O)OC(C)(C)C)c1ccccc1. The van der Waals surface area contributed by atoms with Crippen LogP contribution >= 0.6 is 0 Å². The Bertz CT molecular complexity index is 564. The minimum Gasteiger partial charge on any atom is -0.443 e. The van der Waals surface area contributed by atoms with Crippen LogP contribution in [-0.2, 0) is 4.74 Å². The van der Waals surface area contributed by atoms with Crippen LogP contribution in [0.4, 0.5) is 10.5 Å². The van der Waals surface area contributed by atoms with Gasteiger partial charge in [0.1, 0.15) is 5.60 Å². The summed E-state index contributed by atoms with van der Waals surface area (Å²) in [6, 6.07) is 9.89. The number of hydrogen-bond donors (Lipinski definition) is 0. The molecule has 0 N–H and O–H groups in total. The Morgan fingerprint density at radius 2 is 1.09 bits per heavy atom. The lowest BCUT2D eigenvalue weighted by molar-refractivity contribution is 0.0579. The summed E-state index contributed by atoms with van der Waals surface area (Å²) in [6.45, 7) is 8.76. The van der Waals surface area contributed by atoms with Gasteiger partial charge >= 0.3 is 6.09 Å². The average molecular weight is 446 g/mol. The van der Waals surface area contributed by atoms with Crippen molar-refractivity contribution >= 4 is 11.8 Å². The van der Waals surface area contributed by atoms with E-state index < -0.39 is 5.60 Å². The van der Waals surface area contributed by atoms with Gasteiger partial charge in [0.05, 0.1) is 0 Å². The minimum atomic E-state index is -0.473. The van der Waals surface area contributed by atoms with Crippen LogP contribution in [0.15, 0.2) is 30.3 Å². The van der Waals surface area contributed by atoms with Gasteiger partial charge in [0.15, 0.2) is 0 Å². The highest BCUT2D eigenvalue weighted by molar-refractivity contribution is 5.87. The molecule has 1 aromatic carbocycles. The number of nitrogens with zero attached hydrogens (tertiary/aromatic N) is 1. The smallest absolute Gasteiger partial charge is 0.414 e. The van der Waals surface area contributed by atoms with Gasteiger partial charge in [-0.1, -0.05) is 121 Å². The molecular formula is C29H51NO2. The second kappa shape index (κ2) is 18.0. The molecule has 0 heterocycles. The summed E-state index contributed by atoms with van der Waals surface area (Å²) in [5, 5.41) is 0. The largest absolute Gasteiger partial charge is 0.443 e. The second-order valence-corrected chi connectivity index (χ2v) is 10.3. The zero-order chi connectivity index (χ0) is 23.5. The number of amides is 1. The predicted octanol–water partition coefficient (Wildman–Crippen LogP) is 9.69. The van der Waals surface area contributed by atoms with Crippen molar-refractivity contribution in [3.63, 3.8) is 0 Å². The lowest BCUT2D eigenvalue weighted by Crippen LogP contribution is -2.37. The molecule has 0 bridgehead atoms. The number of anilines is 1. The monoisotopic (exact) mass is 445 g/mol. The Morgan fingerprint density at radius 3 is 1.50 bits per heavy atom. The number of unbranched alkanes of at least 4 members (excludes halogenated alkanes) is 15. The van der Waals surface area contributed by atoms with Crippen molar-refractivity contribution in [3.8, 4) is 0 Å². The minimum absolute atomic E-state index is 0.246. The molecule has 3 nitrogen and oxygen atoms in total. The van der Waals surface area contributed by atoms with Crippen molar-refractivity contribution in [2.75, 3.05) is 11.4 Å². The molecule has 184 valence electrons. The Labute approximate surface area is 199 Å². The molecule has 0 saturated carbocycles. The van der Waals surface area contributed by atoms with E-state index in [0.717, 1.165) is 18.7 Å². The van der Waals surface area contributed by atoms with E-state index in [9.17, 15) is 4.79 Å². The first-order chi connectivity index (χ1) is 15.4. The van der Waals surface area contributed by atoms with E-state index in [1.165, 1.54) is 96.3 Å². The van der Waals surface area contributed by atoms with Gasteiger partial charge in [-0.3, -0.25) is 4.90 Å². The van der Waals surface area contributed by atoms with Gasteiger partial charge < -0.3 is 4.74 Å². The molecule has 0 aliphatic heterocycles. The summed E-state index contributed by atoms with van der Waals surface area (Å²) in [5.41, 5.74) is 0.446. The molecule has 0 aromatic heterocycles. The zero-order valence-corrected chi connectivity index (χ0v) is 21.7. The highest BCUT2D eigenvalue weighted by atomic mass is 16.6. The number of ether oxygens (including phenoxy) is 1. The fourth-order valence-corrected chi connectivity index (χ4v) is 4.07. The van der Waals surface area contributed by atoms with Crippen molar-refractivity contribution in [1.82, 2.24) is 0 Å². The third-order valence-corrected chi connectivity index (χ3v) is 5.92. The number of hydrogen-bond acceptors (Lipinski definition) is 2. The van der Waals surface area contributed by atoms with Crippen molar-refractivity contribution in [3.05, 3.63) is 30.3 Å². The third kappa shape index (κ3) is 15.3. The van der Waals surface area contributed by atoms with Gasteiger partial charge in [-0.15, -0.1) is 0 Å². The topological polar surface area (TPSA) is 29.5 Å². The summed E-state index contributed by atoms with van der Waals surface area (Å²) in [6.07, 6.45) is 21.4. The molecule has 0 unspecified atom stereocenters. The Morgan fingerprint density at radius 1 is 0.688 bits per heavy atom. The lowest BCUT2D eigenvalue weighted by atomic mass is 10.0. The summed E-state index contributed by atoms with van der Waals surface area (Å²) >= 11 is 0. The molecule has 32 heavy (non-hydrogen) atoms. The summed E-state index contributed by atoms with van der Waals surface area (Å²) in [7, 11) is 0. The maximum atomic E-state index is 12.7. The van der Waals surface area contributed by atoms with E-state index in [1.807, 2.05) is 51.1 Å². The number of benzene rings is 1. The first-order valence-corrected chi connectivity index (χ1v) is 13.5. The van der Waals surface area contributed by atoms with Crippen LogP contribution in [0, 0.1) is 0 Å². The van der Waals surface area contributed by atoms with Crippen molar-refractivity contribution in [1.29, 1.82) is 0 Å². The van der Waals surface area contributed by atoms with Crippen LogP contribution in [0.25, 0.3) is 0 Å². The molecule has 1 rings (SSSR count). The first-order valence-electron chi connectivity index (χ1n) is 13.5. The molecule has 0 aliphatic rings. The standard InChI is InChI=1S/C29H51NO2/c1-5-6-7-8-9-10-11-12-13-14-15-16-17-18-19-23-26-30(27-24-21-20-22-25-27)28(31)32-29(2,3)4/h20-22,24-25H,5-19,23,26H2,1-4H3. The van der Waals surface area contributed by atoms with Crippen molar-refractivity contribution < 1.29 is 9.53 Å².